The Hall–Kier alpha value is -2.25. The van der Waals surface area contributed by atoms with Gasteiger partial charge in [-0.1, -0.05) is 12.1 Å². The Labute approximate surface area is 150 Å². The Bertz CT molecular complexity index is 654. The van der Waals surface area contributed by atoms with Crippen molar-refractivity contribution in [1.82, 2.24) is 10.2 Å². The number of carbonyl (C=O) groups is 2. The molecule has 1 aliphatic rings. The van der Waals surface area contributed by atoms with Gasteiger partial charge in [-0.3, -0.25) is 9.59 Å². The number of benzene rings is 1. The Morgan fingerprint density at radius 2 is 1.88 bits per heavy atom. The normalized spacial score (nSPS) is 15.7. The van der Waals surface area contributed by atoms with Gasteiger partial charge in [-0.05, 0) is 49.8 Å². The van der Waals surface area contributed by atoms with Gasteiger partial charge in [0.1, 0.15) is 5.75 Å². The topological polar surface area (TPSA) is 58.6 Å². The number of nitrogens with zero attached hydrogens (tertiary/aromatic N) is 1. The summed E-state index contributed by atoms with van der Waals surface area (Å²) in [7, 11) is 0. The molecule has 0 bridgehead atoms. The highest BCUT2D eigenvalue weighted by molar-refractivity contribution is 5.81. The van der Waals surface area contributed by atoms with Crippen LogP contribution in [0.2, 0.25) is 0 Å². The van der Waals surface area contributed by atoms with Crippen LogP contribution in [-0.4, -0.2) is 49.1 Å². The maximum absolute atomic E-state index is 12.3. The van der Waals surface area contributed by atoms with E-state index in [1.807, 2.05) is 37.4 Å². The average molecular weight is 372 g/mol. The Morgan fingerprint density at radius 3 is 2.50 bits per heavy atom. The highest BCUT2D eigenvalue weighted by Crippen LogP contribution is 2.22. The highest BCUT2D eigenvalue weighted by atomic mass is 19.4. The largest absolute Gasteiger partial charge is 0.483 e. The van der Waals surface area contributed by atoms with Crippen molar-refractivity contribution < 1.29 is 27.5 Å². The second-order valence-corrected chi connectivity index (χ2v) is 6.52. The van der Waals surface area contributed by atoms with Crippen LogP contribution in [0.25, 0.3) is 0 Å². The van der Waals surface area contributed by atoms with E-state index < -0.39 is 12.1 Å². The molecule has 5 nitrogen and oxygen atoms in total. The van der Waals surface area contributed by atoms with Gasteiger partial charge in [0.25, 0.3) is 5.91 Å². The molecule has 0 aliphatic carbocycles. The summed E-state index contributed by atoms with van der Waals surface area (Å²) in [5.74, 6) is -1.46. The van der Waals surface area contributed by atoms with E-state index in [9.17, 15) is 22.8 Å². The minimum atomic E-state index is -4.86. The molecule has 0 unspecified atom stereocenters. The van der Waals surface area contributed by atoms with Crippen LogP contribution >= 0.6 is 0 Å². The first kappa shape index (κ1) is 20.1. The summed E-state index contributed by atoms with van der Waals surface area (Å²) in [5, 5.41) is 1.90. The summed E-state index contributed by atoms with van der Waals surface area (Å²) < 4.78 is 42.1. The van der Waals surface area contributed by atoms with Gasteiger partial charge in [0.15, 0.2) is 6.61 Å². The number of piperidine rings is 1. The highest BCUT2D eigenvalue weighted by Gasteiger charge is 2.38. The van der Waals surface area contributed by atoms with E-state index in [1.165, 1.54) is 0 Å². The summed E-state index contributed by atoms with van der Waals surface area (Å²) >= 11 is 0. The van der Waals surface area contributed by atoms with Crippen LogP contribution < -0.4 is 10.1 Å². The SMILES string of the molecule is Cc1cccc(OCC(=O)N2CCC(CNC(=O)C(F)(F)F)CC2)c1C. The monoisotopic (exact) mass is 372 g/mol. The van der Waals surface area contributed by atoms with Crippen molar-refractivity contribution in [1.29, 1.82) is 0 Å². The zero-order valence-electron chi connectivity index (χ0n) is 14.9. The first-order valence-electron chi connectivity index (χ1n) is 8.50. The van der Waals surface area contributed by atoms with Crippen molar-refractivity contribution in [3.8, 4) is 5.75 Å². The number of halogens is 3. The van der Waals surface area contributed by atoms with Crippen LogP contribution in [0.15, 0.2) is 18.2 Å². The number of alkyl halides is 3. The number of ether oxygens (including phenoxy) is 1. The summed E-state index contributed by atoms with van der Waals surface area (Å²) in [4.78, 5) is 24.7. The minimum Gasteiger partial charge on any atom is -0.483 e. The number of carbonyl (C=O) groups excluding carboxylic acids is 2. The number of hydrogen-bond donors (Lipinski definition) is 1. The molecule has 2 rings (SSSR count). The van der Waals surface area contributed by atoms with Gasteiger partial charge in [-0.2, -0.15) is 13.2 Å². The van der Waals surface area contributed by atoms with Gasteiger partial charge in [0, 0.05) is 19.6 Å². The van der Waals surface area contributed by atoms with Crippen molar-refractivity contribution >= 4 is 11.8 Å². The molecule has 1 fully saturated rings. The average Bonchev–Trinajstić information content (AvgIpc) is 2.60. The van der Waals surface area contributed by atoms with Crippen LogP contribution in [0, 0.1) is 19.8 Å². The summed E-state index contributed by atoms with van der Waals surface area (Å²) in [6, 6.07) is 5.64. The third kappa shape index (κ3) is 5.37. The van der Waals surface area contributed by atoms with Crippen LogP contribution in [0.4, 0.5) is 13.2 Å². The van der Waals surface area contributed by atoms with E-state index in [-0.39, 0.29) is 25.0 Å². The fourth-order valence-corrected chi connectivity index (χ4v) is 2.84. The lowest BCUT2D eigenvalue weighted by Gasteiger charge is -2.32. The van der Waals surface area contributed by atoms with Gasteiger partial charge < -0.3 is 15.0 Å². The van der Waals surface area contributed by atoms with Crippen molar-refractivity contribution in [2.45, 2.75) is 32.9 Å². The van der Waals surface area contributed by atoms with Gasteiger partial charge in [0.05, 0.1) is 0 Å². The summed E-state index contributed by atoms with van der Waals surface area (Å²) in [6.07, 6.45) is -3.76. The van der Waals surface area contributed by atoms with Gasteiger partial charge in [0.2, 0.25) is 0 Å². The Morgan fingerprint density at radius 1 is 1.23 bits per heavy atom. The van der Waals surface area contributed by atoms with Crippen LogP contribution in [0.1, 0.15) is 24.0 Å². The second-order valence-electron chi connectivity index (χ2n) is 6.52. The zero-order chi connectivity index (χ0) is 19.3. The fourth-order valence-electron chi connectivity index (χ4n) is 2.84. The maximum atomic E-state index is 12.3. The van der Waals surface area contributed by atoms with E-state index >= 15 is 0 Å². The van der Waals surface area contributed by atoms with E-state index in [4.69, 9.17) is 4.74 Å². The molecule has 0 aromatic heterocycles. The Kier molecular flexibility index (Phi) is 6.50. The molecule has 2 amide bonds. The van der Waals surface area contributed by atoms with Crippen LogP contribution in [0.3, 0.4) is 0 Å². The van der Waals surface area contributed by atoms with Crippen molar-refractivity contribution in [3.05, 3.63) is 29.3 Å². The number of amides is 2. The zero-order valence-corrected chi connectivity index (χ0v) is 14.9. The molecule has 1 heterocycles. The van der Waals surface area contributed by atoms with Gasteiger partial charge in [-0.15, -0.1) is 0 Å². The van der Waals surface area contributed by atoms with Crippen molar-refractivity contribution in [3.63, 3.8) is 0 Å². The smallest absolute Gasteiger partial charge is 0.471 e. The van der Waals surface area contributed by atoms with Crippen LogP contribution in [-0.2, 0) is 9.59 Å². The molecule has 0 spiro atoms. The number of rotatable bonds is 5. The van der Waals surface area contributed by atoms with E-state index in [0.29, 0.717) is 31.7 Å². The molecule has 1 saturated heterocycles. The summed E-state index contributed by atoms with van der Waals surface area (Å²) in [5.41, 5.74) is 2.07. The lowest BCUT2D eigenvalue weighted by molar-refractivity contribution is -0.173. The standard InChI is InChI=1S/C18H23F3N2O3/c1-12-4-3-5-15(13(12)2)26-11-16(24)23-8-6-14(7-9-23)10-22-17(25)18(19,20)21/h3-5,14H,6-11H2,1-2H3,(H,22,25). The minimum absolute atomic E-state index is 0.0284. The van der Waals surface area contributed by atoms with Crippen molar-refractivity contribution in [2.24, 2.45) is 5.92 Å². The van der Waals surface area contributed by atoms with Gasteiger partial charge in [-0.25, -0.2) is 0 Å². The molecule has 26 heavy (non-hydrogen) atoms. The Balaban J connectivity index is 1.74. The lowest BCUT2D eigenvalue weighted by atomic mass is 9.97. The lowest BCUT2D eigenvalue weighted by Crippen LogP contribution is -2.45. The second kappa shape index (κ2) is 8.42. The van der Waals surface area contributed by atoms with E-state index in [0.717, 1.165) is 11.1 Å². The molecular formula is C18H23F3N2O3. The molecule has 1 N–H and O–H groups in total. The van der Waals surface area contributed by atoms with Crippen molar-refractivity contribution in [2.75, 3.05) is 26.2 Å². The molecule has 0 radical (unpaired) electrons. The number of aryl methyl sites for hydroxylation is 1. The fraction of sp³-hybridized carbons (Fsp3) is 0.556. The number of nitrogens with one attached hydrogen (secondary N) is 1. The third-order valence-corrected chi connectivity index (χ3v) is 4.68. The molecule has 0 saturated carbocycles. The molecular weight excluding hydrogens is 349 g/mol. The van der Waals surface area contributed by atoms with E-state index in [1.54, 1.807) is 4.90 Å². The molecule has 1 aromatic carbocycles. The molecule has 8 heteroatoms. The molecule has 1 aromatic rings. The van der Waals surface area contributed by atoms with Gasteiger partial charge >= 0.3 is 12.1 Å². The first-order chi connectivity index (χ1) is 12.2. The van der Waals surface area contributed by atoms with Crippen LogP contribution in [0.5, 0.6) is 5.75 Å². The third-order valence-electron chi connectivity index (χ3n) is 4.68. The molecule has 1 aliphatic heterocycles. The molecule has 0 atom stereocenters. The predicted octanol–water partition coefficient (Wildman–Crippen LogP) is 2.60. The predicted molar refractivity (Wildman–Crippen MR) is 89.8 cm³/mol. The maximum Gasteiger partial charge on any atom is 0.471 e. The number of likely N-dealkylation sites (tertiary alicyclic amines) is 1. The quantitative estimate of drug-likeness (QED) is 0.864. The summed E-state index contributed by atoms with van der Waals surface area (Å²) in [6.45, 7) is 4.68. The molecule has 144 valence electrons. The van der Waals surface area contributed by atoms with E-state index in [2.05, 4.69) is 0 Å². The number of hydrogen-bond acceptors (Lipinski definition) is 3. The first-order valence-corrected chi connectivity index (χ1v) is 8.50.